The lowest BCUT2D eigenvalue weighted by molar-refractivity contribution is 0.102. The number of hydrogen-bond donors (Lipinski definition) is 1. The minimum absolute atomic E-state index is 0.142. The number of amides is 1. The summed E-state index contributed by atoms with van der Waals surface area (Å²) in [5.41, 5.74) is 3.72. The predicted octanol–water partition coefficient (Wildman–Crippen LogP) is 4.08. The number of carbonyl (C=O) groups is 1. The first-order chi connectivity index (χ1) is 15.1. The van der Waals surface area contributed by atoms with Gasteiger partial charge in [0.1, 0.15) is 13.2 Å². The van der Waals surface area contributed by atoms with E-state index in [1.54, 1.807) is 18.2 Å². The van der Waals surface area contributed by atoms with E-state index in [0.29, 0.717) is 42.4 Å². The van der Waals surface area contributed by atoms with Crippen LogP contribution in [0, 0.1) is 6.92 Å². The van der Waals surface area contributed by atoms with Gasteiger partial charge in [0, 0.05) is 42.1 Å². The van der Waals surface area contributed by atoms with Gasteiger partial charge in [0.05, 0.1) is 0 Å². The molecule has 1 N–H and O–H groups in total. The summed E-state index contributed by atoms with van der Waals surface area (Å²) in [7, 11) is 0. The van der Waals surface area contributed by atoms with Gasteiger partial charge >= 0.3 is 0 Å². The van der Waals surface area contributed by atoms with E-state index in [2.05, 4.69) is 41.1 Å². The van der Waals surface area contributed by atoms with Gasteiger partial charge < -0.3 is 19.7 Å². The highest BCUT2D eigenvalue weighted by atomic mass is 16.6. The van der Waals surface area contributed by atoms with E-state index in [1.807, 2.05) is 6.07 Å². The van der Waals surface area contributed by atoms with Gasteiger partial charge in [-0.15, -0.1) is 0 Å². The van der Waals surface area contributed by atoms with E-state index in [1.165, 1.54) is 31.5 Å². The van der Waals surface area contributed by atoms with Gasteiger partial charge in [-0.3, -0.25) is 9.69 Å². The Labute approximate surface area is 184 Å². The van der Waals surface area contributed by atoms with Crippen LogP contribution in [0.1, 0.15) is 42.1 Å². The van der Waals surface area contributed by atoms with E-state index < -0.39 is 0 Å². The van der Waals surface area contributed by atoms with Gasteiger partial charge in [-0.25, -0.2) is 0 Å². The summed E-state index contributed by atoms with van der Waals surface area (Å²) >= 11 is 0. The molecule has 3 heterocycles. The van der Waals surface area contributed by atoms with Crippen LogP contribution in [-0.2, 0) is 0 Å². The van der Waals surface area contributed by atoms with Crippen LogP contribution in [0.3, 0.4) is 0 Å². The van der Waals surface area contributed by atoms with Crippen molar-refractivity contribution in [2.24, 2.45) is 0 Å². The molecule has 1 amide bonds. The molecule has 2 aromatic carbocycles. The molecule has 2 unspecified atom stereocenters. The van der Waals surface area contributed by atoms with Gasteiger partial charge in [-0.1, -0.05) is 0 Å². The largest absolute Gasteiger partial charge is 0.486 e. The van der Waals surface area contributed by atoms with Gasteiger partial charge in [0.25, 0.3) is 5.91 Å². The average molecular weight is 422 g/mol. The number of fused-ring (bicyclic) bond motifs is 1. The lowest BCUT2D eigenvalue weighted by Gasteiger charge is -2.28. The predicted molar refractivity (Wildman–Crippen MR) is 123 cm³/mol. The summed E-state index contributed by atoms with van der Waals surface area (Å²) in [6.45, 7) is 8.88. The molecule has 2 aromatic rings. The first kappa shape index (κ1) is 20.2. The lowest BCUT2D eigenvalue weighted by atomic mass is 10.1. The second kappa shape index (κ2) is 8.42. The number of aryl methyl sites for hydroxylation is 1. The second-order valence-electron chi connectivity index (χ2n) is 8.93. The Morgan fingerprint density at radius 1 is 1.03 bits per heavy atom. The molecule has 2 atom stereocenters. The fraction of sp³-hybridized carbons (Fsp3) is 0.480. The Kier molecular flexibility index (Phi) is 5.48. The molecule has 0 bridgehead atoms. The molecular weight excluding hydrogens is 390 g/mol. The molecule has 164 valence electrons. The fourth-order valence-corrected chi connectivity index (χ4v) is 5.11. The first-order valence-electron chi connectivity index (χ1n) is 11.4. The van der Waals surface area contributed by atoms with Crippen molar-refractivity contribution in [1.82, 2.24) is 4.90 Å². The zero-order valence-electron chi connectivity index (χ0n) is 18.4. The Balaban J connectivity index is 1.25. The lowest BCUT2D eigenvalue weighted by Crippen LogP contribution is -2.39. The molecule has 5 rings (SSSR count). The van der Waals surface area contributed by atoms with Crippen LogP contribution in [0.25, 0.3) is 0 Å². The molecule has 2 saturated heterocycles. The highest BCUT2D eigenvalue weighted by Gasteiger charge is 2.33. The van der Waals surface area contributed by atoms with Crippen LogP contribution in [-0.4, -0.2) is 55.7 Å². The quantitative estimate of drug-likeness (QED) is 0.806. The highest BCUT2D eigenvalue weighted by Crippen LogP contribution is 2.32. The smallest absolute Gasteiger partial charge is 0.255 e. The second-order valence-corrected chi connectivity index (χ2v) is 8.93. The molecule has 0 aromatic heterocycles. The van der Waals surface area contributed by atoms with Crippen molar-refractivity contribution in [3.63, 3.8) is 0 Å². The van der Waals surface area contributed by atoms with Crippen molar-refractivity contribution < 1.29 is 14.3 Å². The van der Waals surface area contributed by atoms with Crippen molar-refractivity contribution in [3.05, 3.63) is 47.5 Å². The number of likely N-dealkylation sites (tertiary alicyclic amines) is 1. The van der Waals surface area contributed by atoms with E-state index >= 15 is 0 Å². The normalized spacial score (nSPS) is 23.2. The van der Waals surface area contributed by atoms with Crippen LogP contribution in [0.4, 0.5) is 11.4 Å². The topological polar surface area (TPSA) is 54.0 Å². The Morgan fingerprint density at radius 2 is 1.87 bits per heavy atom. The Bertz CT molecular complexity index is 976. The van der Waals surface area contributed by atoms with Gasteiger partial charge in [-0.2, -0.15) is 0 Å². The number of benzene rings is 2. The third-order valence-corrected chi connectivity index (χ3v) is 6.86. The van der Waals surface area contributed by atoms with Crippen LogP contribution in [0.2, 0.25) is 0 Å². The highest BCUT2D eigenvalue weighted by molar-refractivity contribution is 6.05. The van der Waals surface area contributed by atoms with Gasteiger partial charge in [0.15, 0.2) is 11.5 Å². The number of hydrogen-bond acceptors (Lipinski definition) is 5. The number of nitrogens with one attached hydrogen (secondary N) is 1. The van der Waals surface area contributed by atoms with Crippen molar-refractivity contribution in [3.8, 4) is 11.5 Å². The standard InChI is InChI=1S/C25H31N3O3/c1-17-14-20(27-11-9-21(16-27)28-10-3-4-18(28)2)6-7-22(17)26-25(29)19-5-8-23-24(15-19)31-13-12-30-23/h5-8,14-15,18,21H,3-4,9-13,16H2,1-2H3,(H,26,29). The SMILES string of the molecule is Cc1cc(N2CCC(N3CCCC3C)C2)ccc1NC(=O)c1ccc2c(c1)OCCO2. The third kappa shape index (κ3) is 4.09. The number of carbonyl (C=O) groups excluding carboxylic acids is 1. The summed E-state index contributed by atoms with van der Waals surface area (Å²) in [4.78, 5) is 18.0. The number of anilines is 2. The van der Waals surface area contributed by atoms with Crippen molar-refractivity contribution >= 4 is 17.3 Å². The van der Waals surface area contributed by atoms with Crippen molar-refractivity contribution in [2.45, 2.75) is 45.2 Å². The average Bonchev–Trinajstić information content (AvgIpc) is 3.43. The number of ether oxygens (including phenoxy) is 2. The molecule has 0 aliphatic carbocycles. The summed E-state index contributed by atoms with van der Waals surface area (Å²) in [6.07, 6.45) is 3.88. The number of nitrogens with zero attached hydrogens (tertiary/aromatic N) is 2. The van der Waals surface area contributed by atoms with E-state index in [9.17, 15) is 4.79 Å². The third-order valence-electron chi connectivity index (χ3n) is 6.86. The molecule has 6 heteroatoms. The summed E-state index contributed by atoms with van der Waals surface area (Å²) in [5.74, 6) is 1.18. The van der Waals surface area contributed by atoms with Crippen molar-refractivity contribution in [2.75, 3.05) is 43.1 Å². The van der Waals surface area contributed by atoms with Crippen LogP contribution in [0.15, 0.2) is 36.4 Å². The summed E-state index contributed by atoms with van der Waals surface area (Å²) in [6, 6.07) is 13.0. The maximum absolute atomic E-state index is 12.8. The minimum Gasteiger partial charge on any atom is -0.486 e. The maximum atomic E-state index is 12.8. The monoisotopic (exact) mass is 421 g/mol. The fourth-order valence-electron chi connectivity index (χ4n) is 5.11. The summed E-state index contributed by atoms with van der Waals surface area (Å²) < 4.78 is 11.1. The molecule has 3 aliphatic rings. The Hall–Kier alpha value is -2.73. The van der Waals surface area contributed by atoms with Crippen molar-refractivity contribution in [1.29, 1.82) is 0 Å². The van der Waals surface area contributed by atoms with Crippen LogP contribution >= 0.6 is 0 Å². The molecule has 2 fully saturated rings. The summed E-state index contributed by atoms with van der Waals surface area (Å²) in [5, 5.41) is 3.05. The van der Waals surface area contributed by atoms with Gasteiger partial charge in [0.2, 0.25) is 0 Å². The molecular formula is C25H31N3O3. The number of rotatable bonds is 4. The van der Waals surface area contributed by atoms with Crippen LogP contribution < -0.4 is 19.7 Å². The minimum atomic E-state index is -0.142. The van der Waals surface area contributed by atoms with Gasteiger partial charge in [-0.05, 0) is 81.6 Å². The molecule has 0 spiro atoms. The zero-order valence-corrected chi connectivity index (χ0v) is 18.4. The van der Waals surface area contributed by atoms with E-state index in [-0.39, 0.29) is 5.91 Å². The zero-order chi connectivity index (χ0) is 21.4. The molecule has 3 aliphatic heterocycles. The maximum Gasteiger partial charge on any atom is 0.255 e. The molecule has 6 nitrogen and oxygen atoms in total. The molecule has 0 radical (unpaired) electrons. The first-order valence-corrected chi connectivity index (χ1v) is 11.4. The van der Waals surface area contributed by atoms with E-state index in [0.717, 1.165) is 24.3 Å². The van der Waals surface area contributed by atoms with E-state index in [4.69, 9.17) is 9.47 Å². The van der Waals surface area contributed by atoms with Crippen LogP contribution in [0.5, 0.6) is 11.5 Å². The molecule has 0 saturated carbocycles. The molecule has 31 heavy (non-hydrogen) atoms. The Morgan fingerprint density at radius 3 is 2.65 bits per heavy atom.